The number of nitriles is 1. The van der Waals surface area contributed by atoms with E-state index in [4.69, 9.17) is 5.26 Å². The van der Waals surface area contributed by atoms with Crippen molar-refractivity contribution in [3.8, 4) is 6.07 Å². The summed E-state index contributed by atoms with van der Waals surface area (Å²) in [6, 6.07) is 8.35. The summed E-state index contributed by atoms with van der Waals surface area (Å²) in [6.07, 6.45) is 4.60. The topological polar surface area (TPSA) is 53.6 Å². The standard InChI is InChI=1S/C14H15FN4/c15-14-9-12(10-16)3-4-13(14)11-17-5-1-7-19-8-2-6-18-19/h2-4,6,8-9,17H,1,5,7,11H2. The van der Waals surface area contributed by atoms with Crippen molar-refractivity contribution in [2.24, 2.45) is 0 Å². The Balaban J connectivity index is 1.72. The zero-order chi connectivity index (χ0) is 13.5. The lowest BCUT2D eigenvalue weighted by atomic mass is 10.1. The predicted molar refractivity (Wildman–Crippen MR) is 69.7 cm³/mol. The van der Waals surface area contributed by atoms with Crippen LogP contribution in [0.2, 0.25) is 0 Å². The lowest BCUT2D eigenvalue weighted by Crippen LogP contribution is -2.17. The van der Waals surface area contributed by atoms with Gasteiger partial charge in [-0.25, -0.2) is 4.39 Å². The fraction of sp³-hybridized carbons (Fsp3) is 0.286. The number of halogens is 1. The molecule has 0 aliphatic heterocycles. The minimum Gasteiger partial charge on any atom is -0.312 e. The number of benzene rings is 1. The van der Waals surface area contributed by atoms with Crippen molar-refractivity contribution >= 4 is 0 Å². The highest BCUT2D eigenvalue weighted by Gasteiger charge is 2.02. The molecular formula is C14H15FN4. The van der Waals surface area contributed by atoms with E-state index in [9.17, 15) is 4.39 Å². The molecule has 1 N–H and O–H groups in total. The van der Waals surface area contributed by atoms with Gasteiger partial charge in [-0.05, 0) is 31.2 Å². The largest absolute Gasteiger partial charge is 0.312 e. The Kier molecular flexibility index (Phi) is 4.65. The lowest BCUT2D eigenvalue weighted by Gasteiger charge is -2.06. The molecule has 0 saturated heterocycles. The second kappa shape index (κ2) is 6.66. The number of hydrogen-bond acceptors (Lipinski definition) is 3. The molecule has 0 saturated carbocycles. The van der Waals surface area contributed by atoms with Crippen LogP contribution in [-0.2, 0) is 13.1 Å². The molecular weight excluding hydrogens is 243 g/mol. The number of nitrogens with zero attached hydrogens (tertiary/aromatic N) is 3. The van der Waals surface area contributed by atoms with E-state index in [1.54, 1.807) is 18.3 Å². The number of hydrogen-bond donors (Lipinski definition) is 1. The molecule has 0 aliphatic rings. The molecule has 2 rings (SSSR count). The highest BCUT2D eigenvalue weighted by atomic mass is 19.1. The van der Waals surface area contributed by atoms with Gasteiger partial charge in [-0.1, -0.05) is 6.07 Å². The Morgan fingerprint density at radius 2 is 2.32 bits per heavy atom. The van der Waals surface area contributed by atoms with Crippen LogP contribution >= 0.6 is 0 Å². The van der Waals surface area contributed by atoms with Gasteiger partial charge in [0.05, 0.1) is 11.6 Å². The van der Waals surface area contributed by atoms with Crippen molar-refractivity contribution in [2.45, 2.75) is 19.5 Å². The summed E-state index contributed by atoms with van der Waals surface area (Å²) in [5.74, 6) is -0.335. The molecule has 98 valence electrons. The molecule has 0 atom stereocenters. The van der Waals surface area contributed by atoms with Crippen LogP contribution in [-0.4, -0.2) is 16.3 Å². The SMILES string of the molecule is N#Cc1ccc(CNCCCn2cccn2)c(F)c1. The van der Waals surface area contributed by atoms with E-state index in [1.807, 2.05) is 23.0 Å². The van der Waals surface area contributed by atoms with E-state index < -0.39 is 0 Å². The third kappa shape index (κ3) is 3.90. The number of aryl methyl sites for hydroxylation is 1. The van der Waals surface area contributed by atoms with Gasteiger partial charge in [0, 0.05) is 31.0 Å². The van der Waals surface area contributed by atoms with Crippen LogP contribution in [0.25, 0.3) is 0 Å². The van der Waals surface area contributed by atoms with Gasteiger partial charge in [-0.2, -0.15) is 10.4 Å². The van der Waals surface area contributed by atoms with Crippen molar-refractivity contribution in [3.63, 3.8) is 0 Å². The van der Waals surface area contributed by atoms with Crippen LogP contribution in [0.3, 0.4) is 0 Å². The van der Waals surface area contributed by atoms with Crippen LogP contribution in [0.1, 0.15) is 17.5 Å². The lowest BCUT2D eigenvalue weighted by molar-refractivity contribution is 0.533. The quantitative estimate of drug-likeness (QED) is 0.807. The van der Waals surface area contributed by atoms with Crippen LogP contribution in [0.5, 0.6) is 0 Å². The van der Waals surface area contributed by atoms with Gasteiger partial charge in [0.15, 0.2) is 0 Å². The van der Waals surface area contributed by atoms with Crippen LogP contribution < -0.4 is 5.32 Å². The van der Waals surface area contributed by atoms with Crippen molar-refractivity contribution in [3.05, 3.63) is 53.6 Å². The number of nitrogens with one attached hydrogen (secondary N) is 1. The molecule has 0 aliphatic carbocycles. The molecule has 5 heteroatoms. The van der Waals surface area contributed by atoms with E-state index in [2.05, 4.69) is 10.4 Å². The summed E-state index contributed by atoms with van der Waals surface area (Å²) >= 11 is 0. The molecule has 2 aromatic rings. The van der Waals surface area contributed by atoms with Crippen molar-refractivity contribution in [2.75, 3.05) is 6.54 Å². The van der Waals surface area contributed by atoms with Crippen molar-refractivity contribution in [1.29, 1.82) is 5.26 Å². The molecule has 0 spiro atoms. The van der Waals surface area contributed by atoms with E-state index in [-0.39, 0.29) is 5.82 Å². The minimum absolute atomic E-state index is 0.335. The van der Waals surface area contributed by atoms with E-state index in [1.165, 1.54) is 6.07 Å². The normalized spacial score (nSPS) is 10.3. The first-order valence-corrected chi connectivity index (χ1v) is 6.16. The van der Waals surface area contributed by atoms with E-state index in [0.29, 0.717) is 17.7 Å². The molecule has 0 amide bonds. The van der Waals surface area contributed by atoms with E-state index >= 15 is 0 Å². The highest BCUT2D eigenvalue weighted by molar-refractivity contribution is 5.32. The zero-order valence-corrected chi connectivity index (χ0v) is 10.5. The number of aromatic nitrogens is 2. The average molecular weight is 258 g/mol. The van der Waals surface area contributed by atoms with Gasteiger partial charge >= 0.3 is 0 Å². The van der Waals surface area contributed by atoms with Gasteiger partial charge in [-0.15, -0.1) is 0 Å². The summed E-state index contributed by atoms with van der Waals surface area (Å²) in [4.78, 5) is 0. The Morgan fingerprint density at radius 3 is 3.00 bits per heavy atom. The monoisotopic (exact) mass is 258 g/mol. The van der Waals surface area contributed by atoms with Crippen LogP contribution in [0.4, 0.5) is 4.39 Å². The first-order chi connectivity index (χ1) is 9.29. The van der Waals surface area contributed by atoms with E-state index in [0.717, 1.165) is 19.5 Å². The summed E-state index contributed by atoms with van der Waals surface area (Å²) in [7, 11) is 0. The third-order valence-corrected chi connectivity index (χ3v) is 2.80. The smallest absolute Gasteiger partial charge is 0.129 e. The van der Waals surface area contributed by atoms with Gasteiger partial charge < -0.3 is 5.32 Å². The first kappa shape index (κ1) is 13.2. The highest BCUT2D eigenvalue weighted by Crippen LogP contribution is 2.09. The second-order valence-corrected chi connectivity index (χ2v) is 4.22. The Labute approximate surface area is 111 Å². The summed E-state index contributed by atoms with van der Waals surface area (Å²) in [6.45, 7) is 2.10. The summed E-state index contributed by atoms with van der Waals surface area (Å²) in [5, 5.41) is 15.9. The molecule has 1 aromatic carbocycles. The fourth-order valence-electron chi connectivity index (χ4n) is 1.78. The minimum atomic E-state index is -0.335. The molecule has 0 bridgehead atoms. The van der Waals surface area contributed by atoms with Crippen LogP contribution in [0.15, 0.2) is 36.7 Å². The molecule has 4 nitrogen and oxygen atoms in total. The second-order valence-electron chi connectivity index (χ2n) is 4.22. The average Bonchev–Trinajstić information content (AvgIpc) is 2.93. The van der Waals surface area contributed by atoms with Gasteiger partial charge in [0.1, 0.15) is 5.82 Å². The Morgan fingerprint density at radius 1 is 1.42 bits per heavy atom. The Bertz CT molecular complexity index is 557. The van der Waals surface area contributed by atoms with Crippen molar-refractivity contribution in [1.82, 2.24) is 15.1 Å². The maximum absolute atomic E-state index is 13.6. The summed E-state index contributed by atoms with van der Waals surface area (Å²) < 4.78 is 15.4. The Hall–Kier alpha value is -2.19. The van der Waals surface area contributed by atoms with Gasteiger partial charge in [0.25, 0.3) is 0 Å². The molecule has 0 radical (unpaired) electrons. The fourth-order valence-corrected chi connectivity index (χ4v) is 1.78. The van der Waals surface area contributed by atoms with Gasteiger partial charge in [0.2, 0.25) is 0 Å². The van der Waals surface area contributed by atoms with Gasteiger partial charge in [-0.3, -0.25) is 4.68 Å². The molecule has 0 fully saturated rings. The number of rotatable bonds is 6. The first-order valence-electron chi connectivity index (χ1n) is 6.16. The predicted octanol–water partition coefficient (Wildman–Crippen LogP) is 2.07. The summed E-state index contributed by atoms with van der Waals surface area (Å²) in [5.41, 5.74) is 0.929. The van der Waals surface area contributed by atoms with Crippen molar-refractivity contribution < 1.29 is 4.39 Å². The molecule has 19 heavy (non-hydrogen) atoms. The maximum Gasteiger partial charge on any atom is 0.129 e. The molecule has 1 heterocycles. The zero-order valence-electron chi connectivity index (χ0n) is 10.5. The maximum atomic E-state index is 13.6. The molecule has 0 unspecified atom stereocenters. The molecule has 1 aromatic heterocycles. The third-order valence-electron chi connectivity index (χ3n) is 2.80. The van der Waals surface area contributed by atoms with Crippen LogP contribution in [0, 0.1) is 17.1 Å².